The zero-order valence-corrected chi connectivity index (χ0v) is 14.8. The minimum Gasteiger partial charge on any atom is -0.356 e. The van der Waals surface area contributed by atoms with Gasteiger partial charge in [-0.1, -0.05) is 56.3 Å². The zero-order chi connectivity index (χ0) is 16.9. The summed E-state index contributed by atoms with van der Waals surface area (Å²) in [4.78, 5) is 14.8. The summed E-state index contributed by atoms with van der Waals surface area (Å²) < 4.78 is 0. The SMILES string of the molecule is CC(C)CNC(=O)C1CCCN(Cc2cccc3ccccc23)C1. The van der Waals surface area contributed by atoms with Crippen LogP contribution in [0, 0.1) is 11.8 Å². The van der Waals surface area contributed by atoms with Crippen LogP contribution in [0.2, 0.25) is 0 Å². The van der Waals surface area contributed by atoms with Crippen LogP contribution in [0.25, 0.3) is 10.8 Å². The molecule has 0 aromatic heterocycles. The van der Waals surface area contributed by atoms with Gasteiger partial charge in [0, 0.05) is 19.6 Å². The van der Waals surface area contributed by atoms with Crippen molar-refractivity contribution < 1.29 is 4.79 Å². The van der Waals surface area contributed by atoms with E-state index in [-0.39, 0.29) is 11.8 Å². The van der Waals surface area contributed by atoms with Crippen molar-refractivity contribution in [1.82, 2.24) is 10.2 Å². The third-order valence-corrected chi connectivity index (χ3v) is 4.83. The van der Waals surface area contributed by atoms with Gasteiger partial charge in [-0.05, 0) is 41.6 Å². The van der Waals surface area contributed by atoms with Gasteiger partial charge >= 0.3 is 0 Å². The zero-order valence-electron chi connectivity index (χ0n) is 14.8. The summed E-state index contributed by atoms with van der Waals surface area (Å²) in [6.07, 6.45) is 2.11. The quantitative estimate of drug-likeness (QED) is 0.907. The number of benzene rings is 2. The highest BCUT2D eigenvalue weighted by Gasteiger charge is 2.25. The molecule has 1 aliphatic heterocycles. The van der Waals surface area contributed by atoms with E-state index in [1.165, 1.54) is 16.3 Å². The Morgan fingerprint density at radius 2 is 2.00 bits per heavy atom. The highest BCUT2D eigenvalue weighted by atomic mass is 16.1. The number of amides is 1. The number of piperidine rings is 1. The summed E-state index contributed by atoms with van der Waals surface area (Å²) in [6.45, 7) is 7.92. The van der Waals surface area contributed by atoms with E-state index in [9.17, 15) is 4.79 Å². The molecule has 1 amide bonds. The van der Waals surface area contributed by atoms with Gasteiger partial charge in [0.05, 0.1) is 5.92 Å². The van der Waals surface area contributed by atoms with E-state index in [0.29, 0.717) is 5.92 Å². The van der Waals surface area contributed by atoms with Crippen molar-refractivity contribution in [3.05, 3.63) is 48.0 Å². The molecule has 1 saturated heterocycles. The van der Waals surface area contributed by atoms with Gasteiger partial charge in [0.1, 0.15) is 0 Å². The fraction of sp³-hybridized carbons (Fsp3) is 0.476. The molecular weight excluding hydrogens is 296 g/mol. The van der Waals surface area contributed by atoms with Crippen LogP contribution in [0.1, 0.15) is 32.3 Å². The first-order valence-corrected chi connectivity index (χ1v) is 9.10. The van der Waals surface area contributed by atoms with Crippen molar-refractivity contribution in [2.24, 2.45) is 11.8 Å². The van der Waals surface area contributed by atoms with Crippen LogP contribution in [-0.4, -0.2) is 30.4 Å². The van der Waals surface area contributed by atoms with Crippen LogP contribution < -0.4 is 5.32 Å². The topological polar surface area (TPSA) is 32.3 Å². The van der Waals surface area contributed by atoms with Gasteiger partial charge < -0.3 is 5.32 Å². The first kappa shape index (κ1) is 17.0. The van der Waals surface area contributed by atoms with E-state index >= 15 is 0 Å². The summed E-state index contributed by atoms with van der Waals surface area (Å²) >= 11 is 0. The normalized spacial score (nSPS) is 18.9. The second-order valence-corrected chi connectivity index (χ2v) is 7.35. The van der Waals surface area contributed by atoms with Crippen molar-refractivity contribution in [1.29, 1.82) is 0 Å². The molecule has 1 N–H and O–H groups in total. The number of fused-ring (bicyclic) bond motifs is 1. The minimum absolute atomic E-state index is 0.132. The number of nitrogens with zero attached hydrogens (tertiary/aromatic N) is 1. The molecule has 0 aliphatic carbocycles. The van der Waals surface area contributed by atoms with E-state index < -0.39 is 0 Å². The van der Waals surface area contributed by atoms with Crippen molar-refractivity contribution in [3.8, 4) is 0 Å². The summed E-state index contributed by atoms with van der Waals surface area (Å²) in [5.74, 6) is 0.864. The van der Waals surface area contributed by atoms with E-state index in [1.54, 1.807) is 0 Å². The summed E-state index contributed by atoms with van der Waals surface area (Å²) in [7, 11) is 0. The van der Waals surface area contributed by atoms with Gasteiger partial charge in [0.2, 0.25) is 5.91 Å². The number of carbonyl (C=O) groups excluding carboxylic acids is 1. The third kappa shape index (κ3) is 4.15. The lowest BCUT2D eigenvalue weighted by molar-refractivity contribution is -0.126. The molecular formula is C21H28N2O. The van der Waals surface area contributed by atoms with Crippen molar-refractivity contribution in [2.45, 2.75) is 33.2 Å². The van der Waals surface area contributed by atoms with E-state index in [2.05, 4.69) is 66.5 Å². The Morgan fingerprint density at radius 1 is 1.21 bits per heavy atom. The van der Waals surface area contributed by atoms with Crippen molar-refractivity contribution >= 4 is 16.7 Å². The molecule has 2 aromatic carbocycles. The lowest BCUT2D eigenvalue weighted by Gasteiger charge is -2.32. The number of nitrogens with one attached hydrogen (secondary N) is 1. The van der Waals surface area contributed by atoms with Gasteiger partial charge in [0.25, 0.3) is 0 Å². The molecule has 1 heterocycles. The van der Waals surface area contributed by atoms with Crippen molar-refractivity contribution in [2.75, 3.05) is 19.6 Å². The first-order valence-electron chi connectivity index (χ1n) is 9.10. The Labute approximate surface area is 145 Å². The molecule has 1 atom stereocenters. The average Bonchev–Trinajstić information content (AvgIpc) is 2.60. The number of carbonyl (C=O) groups is 1. The average molecular weight is 324 g/mol. The molecule has 1 fully saturated rings. The van der Waals surface area contributed by atoms with Gasteiger partial charge in [0.15, 0.2) is 0 Å². The molecule has 2 aromatic rings. The largest absolute Gasteiger partial charge is 0.356 e. The predicted octanol–water partition coefficient (Wildman–Crippen LogP) is 3.82. The van der Waals surface area contributed by atoms with Gasteiger partial charge in [-0.25, -0.2) is 0 Å². The molecule has 24 heavy (non-hydrogen) atoms. The molecule has 0 spiro atoms. The minimum atomic E-state index is 0.132. The maximum atomic E-state index is 12.4. The highest BCUT2D eigenvalue weighted by molar-refractivity contribution is 5.85. The monoisotopic (exact) mass is 324 g/mol. The Bertz CT molecular complexity index is 690. The molecule has 1 aliphatic rings. The standard InChI is InChI=1S/C21H28N2O/c1-16(2)13-22-21(24)19-10-6-12-23(15-19)14-18-9-5-8-17-7-3-4-11-20(17)18/h3-5,7-9,11,16,19H,6,10,12-15H2,1-2H3,(H,22,24). The van der Waals surface area contributed by atoms with Crippen LogP contribution in [0.3, 0.4) is 0 Å². The molecule has 0 radical (unpaired) electrons. The maximum Gasteiger partial charge on any atom is 0.224 e. The molecule has 0 saturated carbocycles. The number of likely N-dealkylation sites (tertiary alicyclic amines) is 1. The highest BCUT2D eigenvalue weighted by Crippen LogP contribution is 2.23. The Balaban J connectivity index is 1.65. The summed E-state index contributed by atoms with van der Waals surface area (Å²) in [5, 5.41) is 5.72. The number of hydrogen-bond acceptors (Lipinski definition) is 2. The molecule has 128 valence electrons. The molecule has 3 nitrogen and oxygen atoms in total. The van der Waals surface area contributed by atoms with Crippen LogP contribution in [0.5, 0.6) is 0 Å². The second-order valence-electron chi connectivity index (χ2n) is 7.35. The number of hydrogen-bond donors (Lipinski definition) is 1. The van der Waals surface area contributed by atoms with Crippen LogP contribution >= 0.6 is 0 Å². The molecule has 0 bridgehead atoms. The van der Waals surface area contributed by atoms with Crippen molar-refractivity contribution in [3.63, 3.8) is 0 Å². The van der Waals surface area contributed by atoms with Crippen LogP contribution in [-0.2, 0) is 11.3 Å². The predicted molar refractivity (Wildman–Crippen MR) is 99.8 cm³/mol. The van der Waals surface area contributed by atoms with E-state index in [4.69, 9.17) is 0 Å². The lowest BCUT2D eigenvalue weighted by atomic mass is 9.96. The fourth-order valence-corrected chi connectivity index (χ4v) is 3.53. The summed E-state index contributed by atoms with van der Waals surface area (Å²) in [6, 6.07) is 15.1. The molecule has 1 unspecified atom stereocenters. The van der Waals surface area contributed by atoms with Gasteiger partial charge in [-0.2, -0.15) is 0 Å². The Kier molecular flexibility index (Phi) is 5.52. The van der Waals surface area contributed by atoms with Gasteiger partial charge in [-0.15, -0.1) is 0 Å². The third-order valence-electron chi connectivity index (χ3n) is 4.83. The van der Waals surface area contributed by atoms with E-state index in [0.717, 1.165) is 39.0 Å². The van der Waals surface area contributed by atoms with Gasteiger partial charge in [-0.3, -0.25) is 9.69 Å². The Hall–Kier alpha value is -1.87. The number of rotatable bonds is 5. The molecule has 3 rings (SSSR count). The van der Waals surface area contributed by atoms with E-state index in [1.807, 2.05) is 0 Å². The lowest BCUT2D eigenvalue weighted by Crippen LogP contribution is -2.43. The van der Waals surface area contributed by atoms with Crippen LogP contribution in [0.15, 0.2) is 42.5 Å². The maximum absolute atomic E-state index is 12.4. The Morgan fingerprint density at radius 3 is 2.83 bits per heavy atom. The van der Waals surface area contributed by atoms with Crippen LogP contribution in [0.4, 0.5) is 0 Å². The summed E-state index contributed by atoms with van der Waals surface area (Å²) in [5.41, 5.74) is 1.36. The molecule has 3 heteroatoms. The second kappa shape index (κ2) is 7.80. The smallest absolute Gasteiger partial charge is 0.224 e. The fourth-order valence-electron chi connectivity index (χ4n) is 3.53. The first-order chi connectivity index (χ1) is 11.6.